The van der Waals surface area contributed by atoms with Crippen LogP contribution in [-0.4, -0.2) is 32.7 Å². The summed E-state index contributed by atoms with van der Waals surface area (Å²) in [5.41, 5.74) is 4.50. The Morgan fingerprint density at radius 3 is 2.59 bits per heavy atom. The molecule has 8 nitrogen and oxygen atoms in total. The van der Waals surface area contributed by atoms with Gasteiger partial charge in [-0.2, -0.15) is 0 Å². The van der Waals surface area contributed by atoms with E-state index < -0.39 is 17.3 Å². The standard InChI is InChI=1S/C32H26N4O4S/c1-21-9-13-25-7-5-17-33-29(25)31(21)41(39)36-27-8-4-3-6-24(27)14-10-23-18-28(30(32(37)38)35-20-23)34-19-22-11-15-26(40-2)16-12-22/h3-9,11-13,15-18,20,34,36H,19H2,1-2H3,(H,37,38). The van der Waals surface area contributed by atoms with Crippen molar-refractivity contribution in [2.45, 2.75) is 18.4 Å². The number of methoxy groups -OCH3 is 1. The van der Waals surface area contributed by atoms with Crippen LogP contribution in [0.25, 0.3) is 10.9 Å². The molecule has 2 aromatic heterocycles. The van der Waals surface area contributed by atoms with Gasteiger partial charge < -0.3 is 19.7 Å². The third-order valence-corrected chi connectivity index (χ3v) is 7.61. The lowest BCUT2D eigenvalue weighted by molar-refractivity contribution is 0.0691. The van der Waals surface area contributed by atoms with Crippen molar-refractivity contribution >= 4 is 39.6 Å². The number of carboxylic acids is 1. The maximum Gasteiger partial charge on any atom is 0.356 e. The van der Waals surface area contributed by atoms with Gasteiger partial charge in [0.2, 0.25) is 4.90 Å². The number of benzene rings is 3. The lowest BCUT2D eigenvalue weighted by atomic mass is 10.1. The van der Waals surface area contributed by atoms with Crippen molar-refractivity contribution in [2.75, 3.05) is 17.1 Å². The van der Waals surface area contributed by atoms with Crippen LogP contribution in [-0.2, 0) is 17.9 Å². The van der Waals surface area contributed by atoms with Gasteiger partial charge in [-0.15, -0.1) is 0 Å². The van der Waals surface area contributed by atoms with Crippen molar-refractivity contribution in [3.05, 3.63) is 119 Å². The molecule has 0 aliphatic heterocycles. The van der Waals surface area contributed by atoms with Crippen molar-refractivity contribution in [1.29, 1.82) is 0 Å². The zero-order valence-electron chi connectivity index (χ0n) is 22.3. The minimum Gasteiger partial charge on any atom is -0.588 e. The highest BCUT2D eigenvalue weighted by atomic mass is 32.2. The topological polar surface area (TPSA) is 119 Å². The molecule has 0 radical (unpaired) electrons. The number of pyridine rings is 2. The van der Waals surface area contributed by atoms with Crippen LogP contribution >= 0.6 is 0 Å². The van der Waals surface area contributed by atoms with Crippen LogP contribution < -0.4 is 14.8 Å². The molecule has 0 aliphatic rings. The fourth-order valence-electron chi connectivity index (χ4n) is 4.20. The molecule has 3 aromatic carbocycles. The molecule has 1 atom stereocenters. The maximum absolute atomic E-state index is 13.5. The number of aromatic nitrogens is 2. The molecule has 0 fully saturated rings. The Labute approximate surface area is 240 Å². The van der Waals surface area contributed by atoms with Gasteiger partial charge in [-0.1, -0.05) is 54.3 Å². The number of nitrogens with zero attached hydrogens (tertiary/aromatic N) is 2. The van der Waals surface area contributed by atoms with Gasteiger partial charge in [0.1, 0.15) is 22.6 Å². The van der Waals surface area contributed by atoms with Gasteiger partial charge in [-0.05, 0) is 48.9 Å². The van der Waals surface area contributed by atoms with Crippen LogP contribution in [0.5, 0.6) is 5.75 Å². The first-order valence-corrected chi connectivity index (χ1v) is 13.8. The van der Waals surface area contributed by atoms with Crippen LogP contribution in [0.15, 0.2) is 96.2 Å². The quantitative estimate of drug-likeness (QED) is 0.161. The Balaban J connectivity index is 1.39. The summed E-state index contributed by atoms with van der Waals surface area (Å²) in [4.78, 5) is 21.0. The summed E-state index contributed by atoms with van der Waals surface area (Å²) in [7, 11) is 1.60. The predicted octanol–water partition coefficient (Wildman–Crippen LogP) is 5.79. The maximum atomic E-state index is 13.5. The third-order valence-electron chi connectivity index (χ3n) is 6.31. The largest absolute Gasteiger partial charge is 0.588 e. The van der Waals surface area contributed by atoms with E-state index in [1.807, 2.05) is 79.7 Å². The highest BCUT2D eigenvalue weighted by Gasteiger charge is 2.21. The average Bonchev–Trinajstić information content (AvgIpc) is 2.99. The highest BCUT2D eigenvalue weighted by molar-refractivity contribution is 7.93. The van der Waals surface area contributed by atoms with Gasteiger partial charge in [-0.3, -0.25) is 4.98 Å². The van der Waals surface area contributed by atoms with E-state index in [1.54, 1.807) is 19.4 Å². The zero-order chi connectivity index (χ0) is 28.8. The SMILES string of the molecule is COc1ccc(CNc2cc(C#Cc3ccccc3N[S+]([O-])c3c(C)ccc4cccnc34)cnc2C(=O)O)cc1. The third kappa shape index (κ3) is 6.41. The van der Waals surface area contributed by atoms with Crippen molar-refractivity contribution in [3.63, 3.8) is 0 Å². The van der Waals surface area contributed by atoms with Crippen LogP contribution in [0.1, 0.15) is 32.7 Å². The number of para-hydroxylation sites is 1. The minimum atomic E-state index is -1.59. The van der Waals surface area contributed by atoms with Gasteiger partial charge in [0.15, 0.2) is 5.69 Å². The number of aryl methyl sites for hydroxylation is 1. The molecule has 5 aromatic rings. The minimum absolute atomic E-state index is 0.0967. The number of hydrogen-bond donors (Lipinski definition) is 3. The molecule has 3 N–H and O–H groups in total. The summed E-state index contributed by atoms with van der Waals surface area (Å²) in [6.07, 6.45) is 3.11. The van der Waals surface area contributed by atoms with E-state index in [0.29, 0.717) is 39.5 Å². The summed E-state index contributed by atoms with van der Waals surface area (Å²) in [6, 6.07) is 24.1. The van der Waals surface area contributed by atoms with E-state index in [2.05, 4.69) is 31.8 Å². The fraction of sp³-hybridized carbons (Fsp3) is 0.0938. The Hall–Kier alpha value is -5.04. The second kappa shape index (κ2) is 12.4. The number of anilines is 2. The van der Waals surface area contributed by atoms with Gasteiger partial charge >= 0.3 is 5.97 Å². The second-order valence-corrected chi connectivity index (χ2v) is 10.2. The first-order valence-electron chi connectivity index (χ1n) is 12.7. The first-order chi connectivity index (χ1) is 19.9. The molecule has 0 aliphatic carbocycles. The van der Waals surface area contributed by atoms with Crippen LogP contribution in [0.2, 0.25) is 0 Å². The van der Waals surface area contributed by atoms with Crippen molar-refractivity contribution in [3.8, 4) is 17.6 Å². The Bertz CT molecular complexity index is 1780. The lowest BCUT2D eigenvalue weighted by Gasteiger charge is -2.15. The number of ether oxygens (including phenoxy) is 1. The average molecular weight is 563 g/mol. The molecule has 9 heteroatoms. The van der Waals surface area contributed by atoms with Crippen LogP contribution in [0.3, 0.4) is 0 Å². The molecule has 0 saturated heterocycles. The predicted molar refractivity (Wildman–Crippen MR) is 160 cm³/mol. The summed E-state index contributed by atoms with van der Waals surface area (Å²) < 4.78 is 21.8. The molecule has 41 heavy (non-hydrogen) atoms. The molecule has 0 spiro atoms. The molecule has 1 unspecified atom stereocenters. The Morgan fingerprint density at radius 1 is 1.00 bits per heavy atom. The van der Waals surface area contributed by atoms with Gasteiger partial charge in [0.25, 0.3) is 0 Å². The molecule has 0 amide bonds. The summed E-state index contributed by atoms with van der Waals surface area (Å²) >= 11 is -1.59. The van der Waals surface area contributed by atoms with Crippen molar-refractivity contribution in [1.82, 2.24) is 9.97 Å². The zero-order valence-corrected chi connectivity index (χ0v) is 23.2. The monoisotopic (exact) mass is 562 g/mol. The Kier molecular flexibility index (Phi) is 8.34. The van der Waals surface area contributed by atoms with Crippen molar-refractivity contribution in [2.24, 2.45) is 0 Å². The number of aromatic carboxylic acids is 1. The molecule has 0 saturated carbocycles. The summed E-state index contributed by atoms with van der Waals surface area (Å²) in [5, 5.41) is 13.7. The van der Waals surface area contributed by atoms with E-state index in [4.69, 9.17) is 4.74 Å². The second-order valence-electron chi connectivity index (χ2n) is 9.08. The molecule has 204 valence electrons. The molecular formula is C32H26N4O4S. The summed E-state index contributed by atoms with van der Waals surface area (Å²) in [6.45, 7) is 2.30. The first kappa shape index (κ1) is 27.5. The lowest BCUT2D eigenvalue weighted by Crippen LogP contribution is -2.16. The normalized spacial score (nSPS) is 11.3. The molecule has 0 bridgehead atoms. The van der Waals surface area contributed by atoms with E-state index in [0.717, 1.165) is 22.3 Å². The molecular weight excluding hydrogens is 536 g/mol. The van der Waals surface area contributed by atoms with E-state index in [1.165, 1.54) is 6.20 Å². The van der Waals surface area contributed by atoms with Crippen LogP contribution in [0.4, 0.5) is 11.4 Å². The van der Waals surface area contributed by atoms with Gasteiger partial charge in [0.05, 0.1) is 24.0 Å². The number of rotatable bonds is 8. The Morgan fingerprint density at radius 2 is 1.80 bits per heavy atom. The molecule has 2 heterocycles. The van der Waals surface area contributed by atoms with E-state index in [9.17, 15) is 14.5 Å². The van der Waals surface area contributed by atoms with Gasteiger partial charge in [-0.25, -0.2) is 14.5 Å². The molecule has 5 rings (SSSR count). The van der Waals surface area contributed by atoms with Crippen molar-refractivity contribution < 1.29 is 19.2 Å². The summed E-state index contributed by atoms with van der Waals surface area (Å²) in [5.74, 6) is 5.77. The van der Waals surface area contributed by atoms with Gasteiger partial charge in [0, 0.05) is 35.5 Å². The number of nitrogens with one attached hydrogen (secondary N) is 2. The fourth-order valence-corrected chi connectivity index (χ4v) is 5.39. The highest BCUT2D eigenvalue weighted by Crippen LogP contribution is 2.28. The smallest absolute Gasteiger partial charge is 0.356 e. The van der Waals surface area contributed by atoms with E-state index >= 15 is 0 Å². The number of hydrogen-bond acceptors (Lipinski definition) is 7. The van der Waals surface area contributed by atoms with Crippen LogP contribution in [0, 0.1) is 18.8 Å². The number of carboxylic acid groups (broad SMARTS) is 1. The van der Waals surface area contributed by atoms with E-state index in [-0.39, 0.29) is 5.69 Å². The number of carbonyl (C=O) groups is 1. The number of fused-ring (bicyclic) bond motifs is 1.